The summed E-state index contributed by atoms with van der Waals surface area (Å²) in [6, 6.07) is 17.7. The smallest absolute Gasteiger partial charge is 0.261 e. The van der Waals surface area contributed by atoms with Gasteiger partial charge in [0.25, 0.3) is 15.9 Å². The lowest BCUT2D eigenvalue weighted by molar-refractivity contribution is 0.0983. The average molecular weight is 556 g/mol. The number of anilines is 2. The van der Waals surface area contributed by atoms with Gasteiger partial charge < -0.3 is 4.42 Å². The molecule has 5 rings (SSSR count). The van der Waals surface area contributed by atoms with E-state index < -0.39 is 15.8 Å². The van der Waals surface area contributed by atoms with E-state index in [4.69, 9.17) is 16.0 Å². The van der Waals surface area contributed by atoms with Crippen LogP contribution in [0.25, 0.3) is 10.2 Å². The van der Waals surface area contributed by atoms with Crippen LogP contribution in [0.3, 0.4) is 0 Å². The highest BCUT2D eigenvalue weighted by molar-refractivity contribution is 7.92. The second-order valence-electron chi connectivity index (χ2n) is 8.12. The summed E-state index contributed by atoms with van der Waals surface area (Å²) in [7, 11) is -3.92. The topological polar surface area (TPSA) is 92.5 Å². The number of aromatic nitrogens is 1. The molecule has 7 nitrogen and oxygen atoms in total. The first-order chi connectivity index (χ1) is 17.7. The number of carbonyl (C=O) groups is 1. The highest BCUT2D eigenvalue weighted by Crippen LogP contribution is 2.35. The third-order valence-corrected chi connectivity index (χ3v) is 8.46. The number of rotatable bonds is 7. The first-order valence-corrected chi connectivity index (χ1v) is 13.7. The fourth-order valence-corrected chi connectivity index (χ4v) is 5.89. The molecule has 5 aromatic rings. The van der Waals surface area contributed by atoms with E-state index in [1.54, 1.807) is 18.2 Å². The predicted molar refractivity (Wildman–Crippen MR) is 142 cm³/mol. The largest absolute Gasteiger partial charge is 0.467 e. The van der Waals surface area contributed by atoms with Crippen molar-refractivity contribution in [2.24, 2.45) is 0 Å². The Labute approximate surface area is 221 Å². The zero-order valence-corrected chi connectivity index (χ0v) is 21.7. The maximum absolute atomic E-state index is 13.6. The van der Waals surface area contributed by atoms with Gasteiger partial charge in [0, 0.05) is 16.3 Å². The van der Waals surface area contributed by atoms with Crippen molar-refractivity contribution >= 4 is 59.9 Å². The van der Waals surface area contributed by atoms with Crippen molar-refractivity contribution in [1.82, 2.24) is 4.98 Å². The molecule has 0 fully saturated rings. The zero-order valence-electron chi connectivity index (χ0n) is 19.3. The molecule has 0 aliphatic heterocycles. The van der Waals surface area contributed by atoms with Gasteiger partial charge in [-0.15, -0.1) is 0 Å². The third-order valence-electron chi connectivity index (χ3n) is 5.61. The number of halogens is 2. The van der Waals surface area contributed by atoms with Gasteiger partial charge in [0.1, 0.15) is 11.6 Å². The van der Waals surface area contributed by atoms with E-state index in [2.05, 4.69) is 9.71 Å². The Kier molecular flexibility index (Phi) is 6.72. The molecule has 0 radical (unpaired) electrons. The van der Waals surface area contributed by atoms with E-state index >= 15 is 0 Å². The maximum atomic E-state index is 13.6. The van der Waals surface area contributed by atoms with Crippen molar-refractivity contribution in [2.45, 2.75) is 18.4 Å². The predicted octanol–water partition coefficient (Wildman–Crippen LogP) is 6.64. The SMILES string of the molecule is Cc1c(Cl)ccc2sc(N(Cc3ccco3)C(=O)c3ccc(NS(=O)(=O)c4ccc(F)cc4)cc3)nc12. The standard InChI is InChI=1S/C26H19ClFN3O4S2/c1-16-22(27)12-13-23-24(16)29-26(36-23)31(15-20-3-2-14-35-20)25(32)17-4-8-19(9-5-17)30-37(33,34)21-10-6-18(28)7-11-21/h2-14,30H,15H2,1H3. The van der Waals surface area contributed by atoms with Crippen molar-refractivity contribution < 1.29 is 22.0 Å². The molecule has 1 N–H and O–H groups in total. The number of fused-ring (bicyclic) bond motifs is 1. The van der Waals surface area contributed by atoms with Gasteiger partial charge in [0.2, 0.25) is 0 Å². The van der Waals surface area contributed by atoms with Gasteiger partial charge in [0.15, 0.2) is 5.13 Å². The Morgan fingerprint density at radius 1 is 1.08 bits per heavy atom. The number of sulfonamides is 1. The molecule has 0 aliphatic rings. The zero-order chi connectivity index (χ0) is 26.2. The van der Waals surface area contributed by atoms with Gasteiger partial charge in [-0.05, 0) is 85.3 Å². The van der Waals surface area contributed by atoms with Gasteiger partial charge >= 0.3 is 0 Å². The Hall–Kier alpha value is -3.73. The monoisotopic (exact) mass is 555 g/mol. The van der Waals surface area contributed by atoms with Crippen LogP contribution in [0.2, 0.25) is 5.02 Å². The quantitative estimate of drug-likeness (QED) is 0.243. The summed E-state index contributed by atoms with van der Waals surface area (Å²) in [4.78, 5) is 19.7. The van der Waals surface area contributed by atoms with Crippen LogP contribution in [-0.4, -0.2) is 19.3 Å². The first-order valence-electron chi connectivity index (χ1n) is 11.0. The molecular formula is C26H19ClFN3O4S2. The minimum absolute atomic E-state index is 0.0788. The molecule has 2 aromatic heterocycles. The molecule has 0 saturated heterocycles. The molecule has 0 aliphatic carbocycles. The van der Waals surface area contributed by atoms with E-state index in [9.17, 15) is 17.6 Å². The number of carbonyl (C=O) groups excluding carboxylic acids is 1. The molecule has 0 saturated carbocycles. The summed E-state index contributed by atoms with van der Waals surface area (Å²) >= 11 is 7.62. The number of thiazole rings is 1. The fourth-order valence-electron chi connectivity index (χ4n) is 3.65. The van der Waals surface area contributed by atoms with Crippen LogP contribution in [0.15, 0.2) is 88.4 Å². The molecule has 1 amide bonds. The summed E-state index contributed by atoms with van der Waals surface area (Å²) in [5, 5.41) is 1.06. The normalized spacial score (nSPS) is 11.5. The van der Waals surface area contributed by atoms with Gasteiger partial charge in [-0.2, -0.15) is 0 Å². The molecule has 0 unspecified atom stereocenters. The van der Waals surface area contributed by atoms with E-state index in [1.807, 2.05) is 13.0 Å². The number of hydrogen-bond acceptors (Lipinski definition) is 6. The van der Waals surface area contributed by atoms with E-state index in [0.29, 0.717) is 21.5 Å². The van der Waals surface area contributed by atoms with Gasteiger partial charge in [-0.1, -0.05) is 22.9 Å². The Morgan fingerprint density at radius 3 is 2.49 bits per heavy atom. The van der Waals surface area contributed by atoms with Crippen LogP contribution in [0, 0.1) is 12.7 Å². The summed E-state index contributed by atoms with van der Waals surface area (Å²) in [6.45, 7) is 2.02. The van der Waals surface area contributed by atoms with Gasteiger partial charge in [-0.3, -0.25) is 14.4 Å². The van der Waals surface area contributed by atoms with Crippen LogP contribution in [0.4, 0.5) is 15.2 Å². The van der Waals surface area contributed by atoms with Crippen molar-refractivity contribution in [3.8, 4) is 0 Å². The van der Waals surface area contributed by atoms with E-state index in [0.717, 1.165) is 27.9 Å². The van der Waals surface area contributed by atoms with Crippen LogP contribution >= 0.6 is 22.9 Å². The second kappa shape index (κ2) is 9.97. The van der Waals surface area contributed by atoms with Gasteiger partial charge in [0.05, 0.1) is 27.9 Å². The lowest BCUT2D eigenvalue weighted by atomic mass is 10.2. The number of nitrogens with zero attached hydrogens (tertiary/aromatic N) is 2. The molecule has 0 atom stereocenters. The second-order valence-corrected chi connectivity index (χ2v) is 11.2. The number of furan rings is 1. The maximum Gasteiger partial charge on any atom is 0.261 e. The van der Waals surface area contributed by atoms with Crippen LogP contribution in [0.1, 0.15) is 21.7 Å². The molecule has 188 valence electrons. The number of aryl methyl sites for hydroxylation is 1. The average Bonchev–Trinajstić information content (AvgIpc) is 3.55. The number of benzene rings is 3. The number of hydrogen-bond donors (Lipinski definition) is 1. The Bertz CT molecular complexity index is 1680. The molecule has 0 bridgehead atoms. The molecular weight excluding hydrogens is 537 g/mol. The highest BCUT2D eigenvalue weighted by Gasteiger charge is 2.24. The van der Waals surface area contributed by atoms with E-state index in [1.165, 1.54) is 58.9 Å². The van der Waals surface area contributed by atoms with Crippen molar-refractivity contribution in [3.63, 3.8) is 0 Å². The summed E-state index contributed by atoms with van der Waals surface area (Å²) in [5.74, 6) is -0.300. The minimum atomic E-state index is -3.92. The molecule has 3 aromatic carbocycles. The summed E-state index contributed by atoms with van der Waals surface area (Å²) in [5.41, 5.74) is 2.12. The van der Waals surface area contributed by atoms with E-state index in [-0.39, 0.29) is 23.0 Å². The molecule has 11 heteroatoms. The van der Waals surface area contributed by atoms with Crippen molar-refractivity contribution in [3.05, 3.63) is 107 Å². The first kappa shape index (κ1) is 24.9. The number of amides is 1. The lowest BCUT2D eigenvalue weighted by Crippen LogP contribution is -2.30. The van der Waals surface area contributed by atoms with Crippen LogP contribution < -0.4 is 9.62 Å². The molecule has 0 spiro atoms. The fraction of sp³-hybridized carbons (Fsp3) is 0.0769. The molecule has 2 heterocycles. The van der Waals surface area contributed by atoms with Crippen molar-refractivity contribution in [1.29, 1.82) is 0 Å². The molecule has 37 heavy (non-hydrogen) atoms. The van der Waals surface area contributed by atoms with Crippen LogP contribution in [-0.2, 0) is 16.6 Å². The minimum Gasteiger partial charge on any atom is -0.467 e. The summed E-state index contributed by atoms with van der Waals surface area (Å²) < 4.78 is 47.2. The number of nitrogens with one attached hydrogen (secondary N) is 1. The highest BCUT2D eigenvalue weighted by atomic mass is 35.5. The van der Waals surface area contributed by atoms with Crippen LogP contribution in [0.5, 0.6) is 0 Å². The van der Waals surface area contributed by atoms with Gasteiger partial charge in [-0.25, -0.2) is 17.8 Å². The lowest BCUT2D eigenvalue weighted by Gasteiger charge is -2.19. The Balaban J connectivity index is 1.43. The summed E-state index contributed by atoms with van der Waals surface area (Å²) in [6.07, 6.45) is 1.53. The Morgan fingerprint density at radius 2 is 1.81 bits per heavy atom. The van der Waals surface area contributed by atoms with Crippen molar-refractivity contribution in [2.75, 3.05) is 9.62 Å². The third kappa shape index (κ3) is 5.22.